The highest BCUT2D eigenvalue weighted by Gasteiger charge is 2.63. The van der Waals surface area contributed by atoms with Crippen molar-refractivity contribution in [2.75, 3.05) is 18.1 Å². The topological polar surface area (TPSA) is 101 Å². The maximum Gasteiger partial charge on any atom is 0.328 e. The standard InChI is InChI=1S/C27H23NO5S2/c1-2-33-26(32)27(16-28)19(17-9-5-3-6-10-17)15-20(29)21(25-34-13-14-35-25)24(31)22(27)23(30)18-11-7-4-8-12-18/h3-12,19,22H,2,13-15H2,1H3/t19-,22+,27-/m1/s1. The summed E-state index contributed by atoms with van der Waals surface area (Å²) in [4.78, 5) is 55.3. The second-order valence-electron chi connectivity index (χ2n) is 8.18. The number of nitrogens with zero attached hydrogens (tertiary/aromatic N) is 1. The molecule has 1 heterocycles. The number of Topliss-reactive ketones (excluding diaryl/α,β-unsaturated/α-hetero) is 3. The van der Waals surface area contributed by atoms with Crippen molar-refractivity contribution in [1.82, 2.24) is 0 Å². The Morgan fingerprint density at radius 1 is 1.03 bits per heavy atom. The van der Waals surface area contributed by atoms with Crippen LogP contribution in [-0.2, 0) is 19.1 Å². The van der Waals surface area contributed by atoms with Crippen molar-refractivity contribution in [2.24, 2.45) is 11.3 Å². The first-order valence-electron chi connectivity index (χ1n) is 11.3. The number of nitriles is 1. The van der Waals surface area contributed by atoms with E-state index in [9.17, 15) is 24.4 Å². The maximum atomic E-state index is 14.1. The molecule has 1 aliphatic carbocycles. The molecule has 0 radical (unpaired) electrons. The van der Waals surface area contributed by atoms with Crippen LogP contribution >= 0.6 is 23.5 Å². The molecule has 35 heavy (non-hydrogen) atoms. The van der Waals surface area contributed by atoms with E-state index in [4.69, 9.17) is 4.74 Å². The minimum atomic E-state index is -2.22. The van der Waals surface area contributed by atoms with Gasteiger partial charge in [-0.15, -0.1) is 23.5 Å². The molecular weight excluding hydrogens is 482 g/mol. The number of hydrogen-bond donors (Lipinski definition) is 0. The monoisotopic (exact) mass is 505 g/mol. The highest BCUT2D eigenvalue weighted by atomic mass is 32.2. The Morgan fingerprint density at radius 2 is 1.63 bits per heavy atom. The summed E-state index contributed by atoms with van der Waals surface area (Å²) in [6.07, 6.45) is -0.263. The predicted molar refractivity (Wildman–Crippen MR) is 135 cm³/mol. The number of thioether (sulfide) groups is 2. The van der Waals surface area contributed by atoms with Gasteiger partial charge in [-0.05, 0) is 12.5 Å². The van der Waals surface area contributed by atoms with E-state index in [2.05, 4.69) is 0 Å². The van der Waals surface area contributed by atoms with Gasteiger partial charge in [0.25, 0.3) is 0 Å². The second kappa shape index (κ2) is 10.6. The van der Waals surface area contributed by atoms with E-state index < -0.39 is 40.6 Å². The van der Waals surface area contributed by atoms with Gasteiger partial charge >= 0.3 is 5.97 Å². The average molecular weight is 506 g/mol. The zero-order valence-corrected chi connectivity index (χ0v) is 20.7. The van der Waals surface area contributed by atoms with Crippen LogP contribution in [0.2, 0.25) is 0 Å². The summed E-state index contributed by atoms with van der Waals surface area (Å²) in [7, 11) is 0. The molecule has 178 valence electrons. The van der Waals surface area contributed by atoms with E-state index in [-0.39, 0.29) is 24.2 Å². The molecule has 8 heteroatoms. The lowest BCUT2D eigenvalue weighted by Gasteiger charge is -2.35. The number of benzene rings is 2. The molecule has 0 bridgehead atoms. The molecule has 6 nitrogen and oxygen atoms in total. The van der Waals surface area contributed by atoms with Crippen LogP contribution in [0.4, 0.5) is 0 Å². The SMILES string of the molecule is CCOC(=O)[C@@]1(C#N)[C@@H](C(=O)c2ccccc2)C(=O)C(=C2SCCS2)C(=O)C[C@@H]1c1ccccc1. The normalized spacial score (nSPS) is 24.6. The molecule has 0 spiro atoms. The zero-order valence-electron chi connectivity index (χ0n) is 19.1. The zero-order chi connectivity index (χ0) is 25.0. The number of esters is 1. The van der Waals surface area contributed by atoms with Crippen LogP contribution < -0.4 is 0 Å². The third-order valence-corrected chi connectivity index (χ3v) is 8.97. The number of hydrogen-bond acceptors (Lipinski definition) is 8. The van der Waals surface area contributed by atoms with Crippen LogP contribution in [0.3, 0.4) is 0 Å². The quantitative estimate of drug-likeness (QED) is 0.145. The molecule has 2 aromatic carbocycles. The van der Waals surface area contributed by atoms with Crippen LogP contribution in [0.5, 0.6) is 0 Å². The molecule has 2 aromatic rings. The van der Waals surface area contributed by atoms with Gasteiger partial charge in [0.1, 0.15) is 5.92 Å². The highest BCUT2D eigenvalue weighted by Crippen LogP contribution is 2.52. The van der Waals surface area contributed by atoms with Crippen molar-refractivity contribution >= 4 is 46.8 Å². The molecule has 0 aromatic heterocycles. The van der Waals surface area contributed by atoms with Gasteiger partial charge in [0.05, 0.1) is 22.5 Å². The van der Waals surface area contributed by atoms with Crippen molar-refractivity contribution in [3.05, 3.63) is 81.6 Å². The summed E-state index contributed by atoms with van der Waals surface area (Å²) in [5.41, 5.74) is -1.58. The Bertz CT molecular complexity index is 1230. The molecule has 1 saturated carbocycles. The summed E-state index contributed by atoms with van der Waals surface area (Å²) >= 11 is 2.78. The molecule has 3 atom stereocenters. The number of ether oxygens (including phenoxy) is 1. The fourth-order valence-electron chi connectivity index (χ4n) is 4.67. The van der Waals surface area contributed by atoms with Crippen molar-refractivity contribution in [3.8, 4) is 6.07 Å². The van der Waals surface area contributed by atoms with Gasteiger partial charge in [0.2, 0.25) is 0 Å². The minimum Gasteiger partial charge on any atom is -0.465 e. The van der Waals surface area contributed by atoms with Gasteiger partial charge in [0.15, 0.2) is 22.8 Å². The van der Waals surface area contributed by atoms with Gasteiger partial charge in [-0.1, -0.05) is 60.7 Å². The Balaban J connectivity index is 2.04. The van der Waals surface area contributed by atoms with Crippen LogP contribution in [0, 0.1) is 22.7 Å². The maximum absolute atomic E-state index is 14.1. The number of allylic oxidation sites excluding steroid dienone is 1. The lowest BCUT2D eigenvalue weighted by molar-refractivity contribution is -0.157. The summed E-state index contributed by atoms with van der Waals surface area (Å²) in [6, 6.07) is 18.8. The van der Waals surface area contributed by atoms with Crippen LogP contribution in [0.1, 0.15) is 35.2 Å². The fraction of sp³-hybridized carbons (Fsp3) is 0.296. The third-order valence-electron chi connectivity index (χ3n) is 6.26. The lowest BCUT2D eigenvalue weighted by Crippen LogP contribution is -2.49. The third kappa shape index (κ3) is 4.46. The molecule has 1 aliphatic heterocycles. The van der Waals surface area contributed by atoms with E-state index in [0.717, 1.165) is 11.5 Å². The van der Waals surface area contributed by atoms with E-state index in [1.807, 2.05) is 6.07 Å². The molecule has 2 fully saturated rings. The van der Waals surface area contributed by atoms with Crippen molar-refractivity contribution in [2.45, 2.75) is 19.3 Å². The van der Waals surface area contributed by atoms with E-state index in [0.29, 0.717) is 9.80 Å². The summed E-state index contributed by atoms with van der Waals surface area (Å²) in [5, 5.41) is 10.6. The van der Waals surface area contributed by atoms with E-state index in [1.54, 1.807) is 67.6 Å². The Morgan fingerprint density at radius 3 is 2.20 bits per heavy atom. The van der Waals surface area contributed by atoms with Gasteiger partial charge in [-0.2, -0.15) is 5.26 Å². The first kappa shape index (κ1) is 25.0. The molecule has 0 unspecified atom stereocenters. The van der Waals surface area contributed by atoms with Crippen LogP contribution in [0.15, 0.2) is 70.5 Å². The van der Waals surface area contributed by atoms with E-state index in [1.165, 1.54) is 23.5 Å². The Labute approximate surface area is 212 Å². The molecule has 2 aliphatic rings. The van der Waals surface area contributed by atoms with Gasteiger partial charge in [-0.25, -0.2) is 0 Å². The van der Waals surface area contributed by atoms with Crippen molar-refractivity contribution < 1.29 is 23.9 Å². The Hall–Kier alpha value is -3.15. The van der Waals surface area contributed by atoms with Crippen molar-refractivity contribution in [1.29, 1.82) is 5.26 Å². The number of carbonyl (C=O) groups excluding carboxylic acids is 4. The number of rotatable bonds is 5. The van der Waals surface area contributed by atoms with Crippen molar-refractivity contribution in [3.63, 3.8) is 0 Å². The summed E-state index contributed by atoms with van der Waals surface area (Å²) in [6.45, 7) is 1.55. The molecule has 1 saturated heterocycles. The fourth-order valence-corrected chi connectivity index (χ4v) is 7.26. The van der Waals surface area contributed by atoms with Crippen LogP contribution in [-0.4, -0.2) is 41.4 Å². The first-order valence-corrected chi connectivity index (χ1v) is 13.2. The highest BCUT2D eigenvalue weighted by molar-refractivity contribution is 8.25. The summed E-state index contributed by atoms with van der Waals surface area (Å²) < 4.78 is 5.89. The Kier molecular flexibility index (Phi) is 7.58. The van der Waals surface area contributed by atoms with E-state index >= 15 is 0 Å². The summed E-state index contributed by atoms with van der Waals surface area (Å²) in [5.74, 6) is -4.21. The van der Waals surface area contributed by atoms with Crippen LogP contribution in [0.25, 0.3) is 0 Å². The number of carbonyl (C=O) groups is 4. The predicted octanol–water partition coefficient (Wildman–Crippen LogP) is 4.58. The first-order chi connectivity index (χ1) is 17.0. The molecule has 4 rings (SSSR count). The second-order valence-corrected chi connectivity index (χ2v) is 10.6. The number of ketones is 3. The minimum absolute atomic E-state index is 0.0438. The average Bonchev–Trinajstić information content (AvgIpc) is 3.38. The van der Waals surface area contributed by atoms with Gasteiger partial charge in [0, 0.05) is 29.4 Å². The molecule has 0 amide bonds. The molecular formula is C27H23NO5S2. The lowest BCUT2D eigenvalue weighted by atomic mass is 9.62. The van der Waals surface area contributed by atoms with Gasteiger partial charge < -0.3 is 4.74 Å². The smallest absolute Gasteiger partial charge is 0.328 e. The van der Waals surface area contributed by atoms with Gasteiger partial charge in [-0.3, -0.25) is 19.2 Å². The molecule has 0 N–H and O–H groups in total. The largest absolute Gasteiger partial charge is 0.465 e.